The van der Waals surface area contributed by atoms with Crippen molar-refractivity contribution < 1.29 is 24.1 Å². The first-order valence-corrected chi connectivity index (χ1v) is 11.8. The number of aliphatic hydroxyl groups excluding tert-OH is 1. The Hall–Kier alpha value is -2.18. The molecule has 0 aliphatic carbocycles. The number of hydrogen-bond acceptors (Lipinski definition) is 5. The zero-order valence-electron chi connectivity index (χ0n) is 18.8. The van der Waals surface area contributed by atoms with E-state index < -0.39 is 6.10 Å². The first-order valence-electron chi connectivity index (χ1n) is 11.8. The van der Waals surface area contributed by atoms with Crippen LogP contribution < -0.4 is 4.74 Å². The molecular weight excluding hydrogens is 404 g/mol. The zero-order valence-corrected chi connectivity index (χ0v) is 18.8. The van der Waals surface area contributed by atoms with Crippen LogP contribution >= 0.6 is 0 Å². The van der Waals surface area contributed by atoms with E-state index in [0.29, 0.717) is 19.8 Å². The summed E-state index contributed by atoms with van der Waals surface area (Å²) in [4.78, 5) is 0. The molecule has 0 radical (unpaired) electrons. The zero-order chi connectivity index (χ0) is 22.2. The molecule has 2 aromatic carbocycles. The predicted octanol–water partition coefficient (Wildman–Crippen LogP) is 4.86. The number of rotatable bonds is 11. The molecule has 0 saturated carbocycles. The Kier molecular flexibility index (Phi) is 8.35. The molecule has 2 fully saturated rings. The Balaban J connectivity index is 1.21. The third-order valence-corrected chi connectivity index (χ3v) is 6.04. The highest BCUT2D eigenvalue weighted by Gasteiger charge is 2.47. The van der Waals surface area contributed by atoms with Gasteiger partial charge in [-0.3, -0.25) is 0 Å². The van der Waals surface area contributed by atoms with Gasteiger partial charge in [-0.1, -0.05) is 74.7 Å². The van der Waals surface area contributed by atoms with Gasteiger partial charge in [0.1, 0.15) is 30.2 Å². The average Bonchev–Trinajstić information content (AvgIpc) is 3.40. The lowest BCUT2D eigenvalue weighted by atomic mass is 10.1. The molecular formula is C27H34O5. The van der Waals surface area contributed by atoms with Gasteiger partial charge in [-0.2, -0.15) is 0 Å². The minimum atomic E-state index is -0.543. The van der Waals surface area contributed by atoms with E-state index in [4.69, 9.17) is 18.9 Å². The van der Waals surface area contributed by atoms with Gasteiger partial charge in [0.15, 0.2) is 0 Å². The second-order valence-corrected chi connectivity index (χ2v) is 8.57. The smallest absolute Gasteiger partial charge is 0.119 e. The summed E-state index contributed by atoms with van der Waals surface area (Å²) in [6.45, 7) is 4.30. The second-order valence-electron chi connectivity index (χ2n) is 8.57. The van der Waals surface area contributed by atoms with Crippen molar-refractivity contribution in [2.24, 2.45) is 0 Å². The fourth-order valence-electron chi connectivity index (χ4n) is 4.10. The van der Waals surface area contributed by atoms with Crippen LogP contribution in [0.25, 0.3) is 12.2 Å². The highest BCUT2D eigenvalue weighted by molar-refractivity contribution is 5.69. The Labute approximate surface area is 191 Å². The van der Waals surface area contributed by atoms with Crippen molar-refractivity contribution in [3.63, 3.8) is 0 Å². The maximum Gasteiger partial charge on any atom is 0.119 e. The van der Waals surface area contributed by atoms with Crippen molar-refractivity contribution in [1.82, 2.24) is 0 Å². The van der Waals surface area contributed by atoms with Crippen LogP contribution in [0.1, 0.15) is 49.3 Å². The van der Waals surface area contributed by atoms with Gasteiger partial charge in [-0.15, -0.1) is 0 Å². The molecule has 5 nitrogen and oxygen atoms in total. The summed E-state index contributed by atoms with van der Waals surface area (Å²) in [6.07, 6.45) is 8.00. The lowest BCUT2D eigenvalue weighted by molar-refractivity contribution is -0.0439. The summed E-state index contributed by atoms with van der Waals surface area (Å²) in [6, 6.07) is 16.6. The van der Waals surface area contributed by atoms with Crippen LogP contribution in [0.4, 0.5) is 0 Å². The van der Waals surface area contributed by atoms with E-state index in [1.54, 1.807) is 0 Å². The SMILES string of the molecule is CCCCCCOc1ccc(C=Cc2ccc(CO[C@H]3COC4C3OC[C@H]4O)cc2)cc1. The van der Waals surface area contributed by atoms with Gasteiger partial charge >= 0.3 is 0 Å². The third-order valence-electron chi connectivity index (χ3n) is 6.04. The van der Waals surface area contributed by atoms with Gasteiger partial charge in [-0.05, 0) is 35.2 Å². The third kappa shape index (κ3) is 6.20. The van der Waals surface area contributed by atoms with E-state index in [1.165, 1.54) is 19.3 Å². The monoisotopic (exact) mass is 438 g/mol. The molecule has 4 rings (SSSR count). The van der Waals surface area contributed by atoms with Crippen LogP contribution in [0.15, 0.2) is 48.5 Å². The van der Waals surface area contributed by atoms with Crippen molar-refractivity contribution in [1.29, 1.82) is 0 Å². The Morgan fingerprint density at radius 2 is 1.56 bits per heavy atom. The van der Waals surface area contributed by atoms with Crippen molar-refractivity contribution in [2.45, 2.75) is 63.6 Å². The van der Waals surface area contributed by atoms with Gasteiger partial charge in [0.05, 0.1) is 26.4 Å². The van der Waals surface area contributed by atoms with Crippen LogP contribution in [-0.2, 0) is 20.8 Å². The molecule has 32 heavy (non-hydrogen) atoms. The summed E-state index contributed by atoms with van der Waals surface area (Å²) >= 11 is 0. The van der Waals surface area contributed by atoms with Gasteiger partial charge in [-0.25, -0.2) is 0 Å². The molecule has 2 heterocycles. The number of hydrogen-bond donors (Lipinski definition) is 1. The molecule has 2 aliphatic rings. The number of ether oxygens (including phenoxy) is 4. The molecule has 4 atom stereocenters. The van der Waals surface area contributed by atoms with E-state index in [2.05, 4.69) is 55.5 Å². The van der Waals surface area contributed by atoms with E-state index in [-0.39, 0.29) is 18.3 Å². The fraction of sp³-hybridized carbons (Fsp3) is 0.481. The molecule has 2 aromatic rings. The molecule has 1 N–H and O–H groups in total. The number of benzene rings is 2. The Bertz CT molecular complexity index is 845. The largest absolute Gasteiger partial charge is 0.494 e. The Morgan fingerprint density at radius 3 is 2.28 bits per heavy atom. The summed E-state index contributed by atoms with van der Waals surface area (Å²) in [5.74, 6) is 0.930. The highest BCUT2D eigenvalue weighted by Crippen LogP contribution is 2.29. The minimum absolute atomic E-state index is 0.125. The summed E-state index contributed by atoms with van der Waals surface area (Å²) in [5.41, 5.74) is 3.38. The molecule has 0 amide bonds. The molecule has 2 saturated heterocycles. The topological polar surface area (TPSA) is 57.2 Å². The van der Waals surface area contributed by atoms with E-state index in [9.17, 15) is 5.11 Å². The van der Waals surface area contributed by atoms with Gasteiger partial charge < -0.3 is 24.1 Å². The molecule has 2 unspecified atom stereocenters. The number of unbranched alkanes of at least 4 members (excludes halogenated alkanes) is 3. The van der Waals surface area contributed by atoms with Crippen LogP contribution in [0, 0.1) is 0 Å². The van der Waals surface area contributed by atoms with Crippen molar-refractivity contribution in [3.05, 3.63) is 65.2 Å². The molecule has 5 heteroatoms. The first-order chi connectivity index (χ1) is 15.7. The normalized spacial score (nSPS) is 24.8. The van der Waals surface area contributed by atoms with Crippen molar-refractivity contribution in [2.75, 3.05) is 19.8 Å². The summed E-state index contributed by atoms with van der Waals surface area (Å²) in [7, 11) is 0. The second kappa shape index (κ2) is 11.6. The lowest BCUT2D eigenvalue weighted by Gasteiger charge is -2.16. The van der Waals surface area contributed by atoms with Gasteiger partial charge in [0.25, 0.3) is 0 Å². The molecule has 2 aliphatic heterocycles. The summed E-state index contributed by atoms with van der Waals surface area (Å²) < 4.78 is 23.0. The maximum absolute atomic E-state index is 9.82. The fourth-order valence-corrected chi connectivity index (χ4v) is 4.10. The first kappa shape index (κ1) is 23.0. The predicted molar refractivity (Wildman–Crippen MR) is 126 cm³/mol. The standard InChI is InChI=1S/C27H34O5/c1-2-3-4-5-16-29-23-14-12-21(13-15-23)7-6-20-8-10-22(11-9-20)17-30-25-19-32-26-24(28)18-31-27(25)26/h6-15,24-28H,2-5,16-19H2,1H3/t24-,25+,26?,27?/m1/s1. The summed E-state index contributed by atoms with van der Waals surface area (Å²) in [5, 5.41) is 9.82. The van der Waals surface area contributed by atoms with E-state index >= 15 is 0 Å². The van der Waals surface area contributed by atoms with Gasteiger partial charge in [0, 0.05) is 0 Å². The van der Waals surface area contributed by atoms with E-state index in [1.807, 2.05) is 12.1 Å². The average molecular weight is 439 g/mol. The van der Waals surface area contributed by atoms with Gasteiger partial charge in [0.2, 0.25) is 0 Å². The molecule has 172 valence electrons. The van der Waals surface area contributed by atoms with E-state index in [0.717, 1.165) is 35.5 Å². The Morgan fingerprint density at radius 1 is 0.875 bits per heavy atom. The lowest BCUT2D eigenvalue weighted by Crippen LogP contribution is -2.32. The van der Waals surface area contributed by atoms with Crippen molar-refractivity contribution in [3.8, 4) is 5.75 Å². The van der Waals surface area contributed by atoms with Crippen LogP contribution in [0.2, 0.25) is 0 Å². The molecule has 0 aromatic heterocycles. The highest BCUT2D eigenvalue weighted by atomic mass is 16.6. The quantitative estimate of drug-likeness (QED) is 0.401. The minimum Gasteiger partial charge on any atom is -0.494 e. The maximum atomic E-state index is 9.82. The molecule has 0 spiro atoms. The van der Waals surface area contributed by atoms with Crippen LogP contribution in [0.3, 0.4) is 0 Å². The number of fused-ring (bicyclic) bond motifs is 1. The van der Waals surface area contributed by atoms with Crippen LogP contribution in [0.5, 0.6) is 5.75 Å². The number of aliphatic hydroxyl groups is 1. The molecule has 0 bridgehead atoms. The van der Waals surface area contributed by atoms with Crippen molar-refractivity contribution >= 4 is 12.2 Å². The van der Waals surface area contributed by atoms with Crippen LogP contribution in [-0.4, -0.2) is 49.3 Å².